The van der Waals surface area contributed by atoms with Crippen molar-refractivity contribution in [1.29, 1.82) is 0 Å². The van der Waals surface area contributed by atoms with Crippen LogP contribution in [0.25, 0.3) is 16.0 Å². The lowest BCUT2D eigenvalue weighted by atomic mass is 10.1. The maximum atomic E-state index is 12.6. The zero-order chi connectivity index (χ0) is 25.2. The first-order chi connectivity index (χ1) is 17.4. The Labute approximate surface area is 219 Å². The second-order valence-electron chi connectivity index (χ2n) is 8.91. The number of hydrogen-bond donors (Lipinski definition) is 0. The largest absolute Gasteiger partial charge is 0.489 e. The maximum Gasteiger partial charge on any atom is 0.351 e. The van der Waals surface area contributed by atoms with Crippen LogP contribution >= 0.6 is 22.9 Å². The summed E-state index contributed by atoms with van der Waals surface area (Å²) in [5.74, 6) is 0.636. The van der Waals surface area contributed by atoms with E-state index in [1.165, 1.54) is 18.4 Å². The Balaban J connectivity index is 1.41. The molecule has 1 aliphatic heterocycles. The minimum Gasteiger partial charge on any atom is -0.489 e. The van der Waals surface area contributed by atoms with E-state index in [9.17, 15) is 4.79 Å². The van der Waals surface area contributed by atoms with Gasteiger partial charge in [-0.2, -0.15) is 0 Å². The Morgan fingerprint density at radius 2 is 1.92 bits per heavy atom. The smallest absolute Gasteiger partial charge is 0.351 e. The molecule has 1 unspecified atom stereocenters. The lowest BCUT2D eigenvalue weighted by molar-refractivity contribution is 0.0600. The number of esters is 1. The minimum atomic E-state index is -0.455. The number of rotatable bonds is 7. The summed E-state index contributed by atoms with van der Waals surface area (Å²) < 4.78 is 19.5. The van der Waals surface area contributed by atoms with Crippen molar-refractivity contribution in [1.82, 2.24) is 14.5 Å². The molecule has 0 N–H and O–H groups in total. The zero-order valence-electron chi connectivity index (χ0n) is 20.4. The predicted molar refractivity (Wildman–Crippen MR) is 142 cm³/mol. The highest BCUT2D eigenvalue weighted by molar-refractivity contribution is 7.16. The average molecular weight is 526 g/mol. The lowest BCUT2D eigenvalue weighted by Crippen LogP contribution is -2.35. The van der Waals surface area contributed by atoms with Crippen LogP contribution in [0.2, 0.25) is 5.02 Å². The molecule has 0 bridgehead atoms. The van der Waals surface area contributed by atoms with Gasteiger partial charge in [-0.3, -0.25) is 4.57 Å². The molecule has 7 nitrogen and oxygen atoms in total. The second kappa shape index (κ2) is 10.5. The number of imidazole rings is 1. The number of aromatic nitrogens is 2. The van der Waals surface area contributed by atoms with Crippen LogP contribution in [0.5, 0.6) is 11.5 Å². The molecule has 1 fully saturated rings. The van der Waals surface area contributed by atoms with Crippen molar-refractivity contribution in [3.05, 3.63) is 70.3 Å². The van der Waals surface area contributed by atoms with Crippen LogP contribution in [0.1, 0.15) is 41.1 Å². The maximum absolute atomic E-state index is 12.6. The Morgan fingerprint density at radius 1 is 1.14 bits per heavy atom. The van der Waals surface area contributed by atoms with Crippen LogP contribution in [-0.2, 0) is 4.74 Å². The van der Waals surface area contributed by atoms with Gasteiger partial charge in [0, 0.05) is 24.7 Å². The number of likely N-dealkylation sites (tertiary alicyclic amines) is 1. The number of piperidine rings is 1. The summed E-state index contributed by atoms with van der Waals surface area (Å²) in [6.07, 6.45) is 3.38. The molecule has 5 rings (SSSR count). The molecule has 0 aliphatic carbocycles. The van der Waals surface area contributed by atoms with Crippen molar-refractivity contribution in [3.8, 4) is 16.5 Å². The molecule has 0 amide bonds. The molecule has 1 saturated heterocycles. The number of benzene rings is 2. The number of thiophene rings is 1. The number of hydrogen-bond acceptors (Lipinski definition) is 7. The Kier molecular flexibility index (Phi) is 7.18. The summed E-state index contributed by atoms with van der Waals surface area (Å²) in [5, 5.41) is 1.33. The molecule has 0 saturated carbocycles. The van der Waals surface area contributed by atoms with Gasteiger partial charge in [-0.25, -0.2) is 9.78 Å². The fraction of sp³-hybridized carbons (Fsp3) is 0.333. The molecule has 188 valence electrons. The standard InChI is InChI=1S/C27H28ClN3O4S/c1-17(19-7-6-10-22(25(19)28)35-18-11-13-30(2)14-12-18)34-23-15-24(36-26(23)27(32)33-3)31-16-29-20-8-4-5-9-21(20)31/h4-10,15-18H,11-14H2,1-3H3. The summed E-state index contributed by atoms with van der Waals surface area (Å²) in [6.45, 7) is 3.92. The molecule has 3 heterocycles. The summed E-state index contributed by atoms with van der Waals surface area (Å²) in [4.78, 5) is 19.7. The highest BCUT2D eigenvalue weighted by Crippen LogP contribution is 2.39. The molecule has 2 aromatic heterocycles. The van der Waals surface area contributed by atoms with E-state index in [1.54, 1.807) is 6.33 Å². The van der Waals surface area contributed by atoms with Crippen molar-refractivity contribution in [2.45, 2.75) is 32.0 Å². The molecule has 9 heteroatoms. The van der Waals surface area contributed by atoms with Crippen LogP contribution in [0.4, 0.5) is 0 Å². The van der Waals surface area contributed by atoms with Gasteiger partial charge >= 0.3 is 5.97 Å². The third-order valence-corrected chi connectivity index (χ3v) is 7.94. The highest BCUT2D eigenvalue weighted by atomic mass is 35.5. The van der Waals surface area contributed by atoms with Crippen molar-refractivity contribution in [2.24, 2.45) is 0 Å². The van der Waals surface area contributed by atoms with Gasteiger partial charge < -0.3 is 19.1 Å². The van der Waals surface area contributed by atoms with E-state index in [1.807, 2.05) is 60.0 Å². The summed E-state index contributed by atoms with van der Waals surface area (Å²) in [6, 6.07) is 15.4. The first-order valence-corrected chi connectivity index (χ1v) is 13.1. The fourth-order valence-corrected chi connectivity index (χ4v) is 5.72. The van der Waals surface area contributed by atoms with Gasteiger partial charge in [0.25, 0.3) is 0 Å². The molecule has 0 radical (unpaired) electrons. The lowest BCUT2D eigenvalue weighted by Gasteiger charge is -2.30. The Morgan fingerprint density at radius 3 is 2.69 bits per heavy atom. The summed E-state index contributed by atoms with van der Waals surface area (Å²) in [7, 11) is 3.48. The summed E-state index contributed by atoms with van der Waals surface area (Å²) >= 11 is 8.08. The van der Waals surface area contributed by atoms with Crippen molar-refractivity contribution >= 4 is 39.9 Å². The first kappa shape index (κ1) is 24.6. The number of nitrogens with zero attached hydrogens (tertiary/aromatic N) is 3. The van der Waals surface area contributed by atoms with E-state index in [0.717, 1.165) is 47.5 Å². The van der Waals surface area contributed by atoms with E-state index in [-0.39, 0.29) is 6.10 Å². The minimum absolute atomic E-state index is 0.139. The number of methoxy groups -OCH3 is 1. The van der Waals surface area contributed by atoms with Crippen molar-refractivity contribution in [3.63, 3.8) is 0 Å². The van der Waals surface area contributed by atoms with Gasteiger partial charge in [0.2, 0.25) is 0 Å². The topological polar surface area (TPSA) is 65.8 Å². The molecule has 2 aromatic carbocycles. The molecule has 1 aliphatic rings. The van der Waals surface area contributed by atoms with Crippen molar-refractivity contribution < 1.29 is 19.0 Å². The van der Waals surface area contributed by atoms with Crippen LogP contribution in [0.3, 0.4) is 0 Å². The number of fused-ring (bicyclic) bond motifs is 1. The Hall–Kier alpha value is -3.07. The van der Waals surface area contributed by atoms with Gasteiger partial charge in [-0.05, 0) is 45.0 Å². The third-order valence-electron chi connectivity index (χ3n) is 6.44. The number of para-hydroxylation sites is 2. The van der Waals surface area contributed by atoms with Gasteiger partial charge in [-0.1, -0.05) is 35.9 Å². The number of carbonyl (C=O) groups excluding carboxylic acids is 1. The molecule has 1 atom stereocenters. The van der Waals surface area contributed by atoms with Crippen molar-refractivity contribution in [2.75, 3.05) is 27.2 Å². The van der Waals surface area contributed by atoms with Gasteiger partial charge in [-0.15, -0.1) is 11.3 Å². The van der Waals surface area contributed by atoms with Crippen LogP contribution in [0, 0.1) is 0 Å². The first-order valence-electron chi connectivity index (χ1n) is 11.9. The van der Waals surface area contributed by atoms with E-state index in [4.69, 9.17) is 25.8 Å². The van der Waals surface area contributed by atoms with Gasteiger partial charge in [0.15, 0.2) is 4.88 Å². The zero-order valence-corrected chi connectivity index (χ0v) is 22.0. The highest BCUT2D eigenvalue weighted by Gasteiger charge is 2.25. The Bertz CT molecular complexity index is 1380. The summed E-state index contributed by atoms with van der Waals surface area (Å²) in [5.41, 5.74) is 2.60. The number of ether oxygens (including phenoxy) is 3. The molecular formula is C27H28ClN3O4S. The predicted octanol–water partition coefficient (Wildman–Crippen LogP) is 6.14. The van der Waals surface area contributed by atoms with Crippen LogP contribution in [-0.4, -0.2) is 53.8 Å². The van der Waals surface area contributed by atoms with E-state index < -0.39 is 12.1 Å². The van der Waals surface area contributed by atoms with Gasteiger partial charge in [0.1, 0.15) is 35.0 Å². The van der Waals surface area contributed by atoms with Crippen LogP contribution < -0.4 is 9.47 Å². The van der Waals surface area contributed by atoms with E-state index in [2.05, 4.69) is 16.9 Å². The molecule has 0 spiro atoms. The van der Waals surface area contributed by atoms with Gasteiger partial charge in [0.05, 0.1) is 23.2 Å². The molecular weight excluding hydrogens is 498 g/mol. The van der Waals surface area contributed by atoms with E-state index in [0.29, 0.717) is 21.4 Å². The number of carbonyl (C=O) groups is 1. The average Bonchev–Trinajstić information content (AvgIpc) is 3.50. The third kappa shape index (κ3) is 4.93. The quantitative estimate of drug-likeness (QED) is 0.270. The normalized spacial score (nSPS) is 15.7. The van der Waals surface area contributed by atoms with E-state index >= 15 is 0 Å². The molecule has 36 heavy (non-hydrogen) atoms. The monoisotopic (exact) mass is 525 g/mol. The van der Waals surface area contributed by atoms with Crippen LogP contribution in [0.15, 0.2) is 54.9 Å². The second-order valence-corrected chi connectivity index (χ2v) is 10.3. The number of halogens is 1. The fourth-order valence-electron chi connectivity index (χ4n) is 4.41. The SMILES string of the molecule is COC(=O)c1sc(-n2cnc3ccccc32)cc1OC(C)c1cccc(OC2CCN(C)CC2)c1Cl. The molecule has 4 aromatic rings.